The van der Waals surface area contributed by atoms with Crippen LogP contribution in [0.15, 0.2) is 49.2 Å². The van der Waals surface area contributed by atoms with Crippen molar-refractivity contribution < 1.29 is 4.79 Å². The molecule has 1 amide bonds. The number of aromatic nitrogens is 6. The summed E-state index contributed by atoms with van der Waals surface area (Å²) in [5.74, 6) is 0.586. The summed E-state index contributed by atoms with van der Waals surface area (Å²) >= 11 is 0. The second kappa shape index (κ2) is 7.19. The predicted octanol–water partition coefficient (Wildman–Crippen LogP) is 2.24. The SMILES string of the molecule is O=C(c1cnc(N2CCc3[nH]cnc3C2c2cc3ccccn3n2)nc1)N1CCCC1. The van der Waals surface area contributed by atoms with Crippen LogP contribution in [-0.2, 0) is 6.42 Å². The smallest absolute Gasteiger partial charge is 0.256 e. The number of nitrogens with one attached hydrogen (secondary N) is 1. The third-order valence-corrected chi connectivity index (χ3v) is 6.13. The molecule has 31 heavy (non-hydrogen) atoms. The number of nitrogens with zero attached hydrogens (tertiary/aromatic N) is 7. The zero-order chi connectivity index (χ0) is 20.8. The van der Waals surface area contributed by atoms with Gasteiger partial charge in [0.05, 0.1) is 28.8 Å². The number of anilines is 1. The van der Waals surface area contributed by atoms with Crippen molar-refractivity contribution in [2.45, 2.75) is 25.3 Å². The van der Waals surface area contributed by atoms with Gasteiger partial charge in [-0.15, -0.1) is 0 Å². The summed E-state index contributed by atoms with van der Waals surface area (Å²) in [7, 11) is 0. The van der Waals surface area contributed by atoms with Gasteiger partial charge in [-0.2, -0.15) is 5.10 Å². The van der Waals surface area contributed by atoms with Gasteiger partial charge in [0.15, 0.2) is 0 Å². The number of rotatable bonds is 3. The molecule has 0 bridgehead atoms. The van der Waals surface area contributed by atoms with Crippen LogP contribution in [0.25, 0.3) is 5.52 Å². The van der Waals surface area contributed by atoms with Crippen LogP contribution >= 0.6 is 0 Å². The third kappa shape index (κ3) is 3.04. The molecule has 6 heterocycles. The molecule has 4 aromatic heterocycles. The van der Waals surface area contributed by atoms with Gasteiger partial charge in [0, 0.05) is 50.3 Å². The van der Waals surface area contributed by atoms with Crippen LogP contribution in [0.4, 0.5) is 5.95 Å². The summed E-state index contributed by atoms with van der Waals surface area (Å²) in [4.78, 5) is 33.6. The van der Waals surface area contributed by atoms with Crippen LogP contribution in [0, 0.1) is 0 Å². The minimum atomic E-state index is -0.199. The minimum Gasteiger partial charge on any atom is -0.348 e. The van der Waals surface area contributed by atoms with E-state index >= 15 is 0 Å². The molecule has 1 unspecified atom stereocenters. The molecule has 6 rings (SSSR count). The van der Waals surface area contributed by atoms with Gasteiger partial charge in [-0.1, -0.05) is 6.07 Å². The molecule has 9 nitrogen and oxygen atoms in total. The van der Waals surface area contributed by atoms with Crippen LogP contribution in [0.2, 0.25) is 0 Å². The Hall–Kier alpha value is -3.75. The van der Waals surface area contributed by atoms with Crippen molar-refractivity contribution >= 4 is 17.4 Å². The Morgan fingerprint density at radius 3 is 2.71 bits per heavy atom. The third-order valence-electron chi connectivity index (χ3n) is 6.13. The summed E-state index contributed by atoms with van der Waals surface area (Å²) in [6.45, 7) is 2.35. The molecule has 156 valence electrons. The van der Waals surface area contributed by atoms with Gasteiger partial charge in [0.2, 0.25) is 5.95 Å². The molecule has 1 fully saturated rings. The van der Waals surface area contributed by atoms with E-state index in [-0.39, 0.29) is 11.9 Å². The number of amides is 1. The Bertz CT molecular complexity index is 1200. The maximum Gasteiger partial charge on any atom is 0.256 e. The van der Waals surface area contributed by atoms with Crippen LogP contribution in [-0.4, -0.2) is 60.0 Å². The molecule has 0 aliphatic carbocycles. The maximum atomic E-state index is 12.7. The molecule has 0 saturated carbocycles. The topological polar surface area (TPSA) is 95.3 Å². The summed E-state index contributed by atoms with van der Waals surface area (Å²) < 4.78 is 1.87. The predicted molar refractivity (Wildman–Crippen MR) is 114 cm³/mol. The van der Waals surface area contributed by atoms with Crippen molar-refractivity contribution in [1.82, 2.24) is 34.4 Å². The van der Waals surface area contributed by atoms with Crippen molar-refractivity contribution in [2.24, 2.45) is 0 Å². The molecule has 2 aliphatic heterocycles. The molecule has 1 N–H and O–H groups in total. The molecule has 1 atom stereocenters. The van der Waals surface area contributed by atoms with Gasteiger partial charge in [-0.05, 0) is 31.0 Å². The monoisotopic (exact) mass is 414 g/mol. The van der Waals surface area contributed by atoms with E-state index in [0.717, 1.165) is 61.5 Å². The van der Waals surface area contributed by atoms with Crippen LogP contribution in [0.3, 0.4) is 0 Å². The molecule has 2 aliphatic rings. The number of pyridine rings is 1. The van der Waals surface area contributed by atoms with E-state index in [2.05, 4.69) is 30.9 Å². The molecule has 0 radical (unpaired) electrons. The summed E-state index contributed by atoms with van der Waals surface area (Å²) in [5.41, 5.74) is 4.50. The second-order valence-electron chi connectivity index (χ2n) is 8.02. The quantitative estimate of drug-likeness (QED) is 0.552. The molecule has 4 aromatic rings. The lowest BCUT2D eigenvalue weighted by molar-refractivity contribution is 0.0792. The standard InChI is InChI=1S/C22H22N8O/c31-21(28-7-3-4-8-28)15-12-23-22(24-13-15)29-10-6-17-19(26-14-25-17)20(29)18-11-16-5-1-2-9-30(16)27-18/h1-2,5,9,11-14,20H,3-4,6-8,10H2,(H,25,26). The van der Waals surface area contributed by atoms with E-state index in [0.29, 0.717) is 11.5 Å². The van der Waals surface area contributed by atoms with Crippen LogP contribution in [0.1, 0.15) is 46.3 Å². The number of hydrogen-bond donors (Lipinski definition) is 1. The van der Waals surface area contributed by atoms with E-state index < -0.39 is 0 Å². The number of aromatic amines is 1. The van der Waals surface area contributed by atoms with E-state index in [1.54, 1.807) is 18.7 Å². The zero-order valence-electron chi connectivity index (χ0n) is 17.0. The Morgan fingerprint density at radius 1 is 1.06 bits per heavy atom. The molecule has 9 heteroatoms. The Morgan fingerprint density at radius 2 is 1.90 bits per heavy atom. The van der Waals surface area contributed by atoms with Gasteiger partial charge in [-0.3, -0.25) is 4.79 Å². The summed E-state index contributed by atoms with van der Waals surface area (Å²) in [6, 6.07) is 7.87. The van der Waals surface area contributed by atoms with E-state index in [1.807, 2.05) is 33.8 Å². The first-order valence-electron chi connectivity index (χ1n) is 10.6. The van der Waals surface area contributed by atoms with Crippen molar-refractivity contribution in [3.8, 4) is 0 Å². The average molecular weight is 414 g/mol. The summed E-state index contributed by atoms with van der Waals surface area (Å²) in [5, 5.41) is 4.79. The molecule has 0 aromatic carbocycles. The highest BCUT2D eigenvalue weighted by Gasteiger charge is 2.34. The molecule has 0 spiro atoms. The summed E-state index contributed by atoms with van der Waals surface area (Å²) in [6.07, 6.45) is 9.89. The van der Waals surface area contributed by atoms with Crippen molar-refractivity contribution in [2.75, 3.05) is 24.5 Å². The van der Waals surface area contributed by atoms with Gasteiger partial charge >= 0.3 is 0 Å². The lowest BCUT2D eigenvalue weighted by atomic mass is 10.0. The highest BCUT2D eigenvalue weighted by Crippen LogP contribution is 2.35. The number of likely N-dealkylation sites (tertiary alicyclic amines) is 1. The molecule has 1 saturated heterocycles. The minimum absolute atomic E-state index is 0.00850. The fourth-order valence-electron chi connectivity index (χ4n) is 4.57. The number of hydrogen-bond acceptors (Lipinski definition) is 6. The first kappa shape index (κ1) is 18.1. The van der Waals surface area contributed by atoms with Gasteiger partial charge in [0.1, 0.15) is 6.04 Å². The maximum absolute atomic E-state index is 12.7. The normalized spacial score (nSPS) is 18.5. The highest BCUT2D eigenvalue weighted by molar-refractivity contribution is 5.93. The van der Waals surface area contributed by atoms with Crippen molar-refractivity contribution in [1.29, 1.82) is 0 Å². The van der Waals surface area contributed by atoms with Gasteiger partial charge in [0.25, 0.3) is 5.91 Å². The average Bonchev–Trinajstić information content (AvgIpc) is 3.58. The fourth-order valence-corrected chi connectivity index (χ4v) is 4.57. The second-order valence-corrected chi connectivity index (χ2v) is 8.02. The lowest BCUT2D eigenvalue weighted by Gasteiger charge is -2.33. The fraction of sp³-hybridized carbons (Fsp3) is 0.318. The Labute approximate surface area is 178 Å². The van der Waals surface area contributed by atoms with Crippen molar-refractivity contribution in [3.63, 3.8) is 0 Å². The number of imidazole rings is 1. The van der Waals surface area contributed by atoms with E-state index in [1.165, 1.54) is 0 Å². The first-order chi connectivity index (χ1) is 15.3. The van der Waals surface area contributed by atoms with Crippen molar-refractivity contribution in [3.05, 3.63) is 71.8 Å². The zero-order valence-corrected chi connectivity index (χ0v) is 17.0. The number of H-pyrrole nitrogens is 1. The highest BCUT2D eigenvalue weighted by atomic mass is 16.2. The molecular weight excluding hydrogens is 392 g/mol. The van der Waals surface area contributed by atoms with Gasteiger partial charge < -0.3 is 14.8 Å². The van der Waals surface area contributed by atoms with Crippen LogP contribution < -0.4 is 4.90 Å². The Balaban J connectivity index is 1.37. The number of carbonyl (C=O) groups is 1. The van der Waals surface area contributed by atoms with Gasteiger partial charge in [-0.25, -0.2) is 19.5 Å². The number of fused-ring (bicyclic) bond motifs is 2. The first-order valence-corrected chi connectivity index (χ1v) is 10.6. The molecular formula is C22H22N8O. The van der Waals surface area contributed by atoms with E-state index in [4.69, 9.17) is 5.10 Å². The van der Waals surface area contributed by atoms with E-state index in [9.17, 15) is 4.79 Å². The number of carbonyl (C=O) groups excluding carboxylic acids is 1. The van der Waals surface area contributed by atoms with Crippen LogP contribution in [0.5, 0.6) is 0 Å². The Kier molecular flexibility index (Phi) is 4.19. The lowest BCUT2D eigenvalue weighted by Crippen LogP contribution is -2.38. The largest absolute Gasteiger partial charge is 0.348 e.